The maximum atomic E-state index is 13.3. The summed E-state index contributed by atoms with van der Waals surface area (Å²) >= 11 is 0. The number of carbonyl (C=O) groups excluding carboxylic acids is 3. The maximum Gasteiger partial charge on any atom is 0.245 e. The third-order valence-electron chi connectivity index (χ3n) is 6.08. The molecule has 2 N–H and O–H groups in total. The van der Waals surface area contributed by atoms with Gasteiger partial charge in [0, 0.05) is 25.7 Å². The molecule has 0 saturated carbocycles. The Morgan fingerprint density at radius 1 is 1.03 bits per heavy atom. The molecule has 3 amide bonds. The lowest BCUT2D eigenvalue weighted by atomic mass is 9.98. The van der Waals surface area contributed by atoms with Crippen molar-refractivity contribution in [3.8, 4) is 0 Å². The first-order valence-corrected chi connectivity index (χ1v) is 11.7. The highest BCUT2D eigenvalue weighted by Gasteiger charge is 2.30. The summed E-state index contributed by atoms with van der Waals surface area (Å²) in [6, 6.07) is 10.3. The van der Waals surface area contributed by atoms with Crippen molar-refractivity contribution in [2.75, 3.05) is 6.54 Å². The van der Waals surface area contributed by atoms with E-state index in [1.807, 2.05) is 25.1 Å². The molecular weight excluding hydrogens is 440 g/mol. The molecule has 182 valence electrons. The second-order valence-electron chi connectivity index (χ2n) is 8.70. The summed E-state index contributed by atoms with van der Waals surface area (Å²) in [6.45, 7) is 4.40. The molecule has 3 rings (SSSR count). The number of nitrogens with zero attached hydrogens (tertiary/aromatic N) is 1. The summed E-state index contributed by atoms with van der Waals surface area (Å²) in [5.41, 5.74) is 2.58. The Morgan fingerprint density at radius 3 is 2.38 bits per heavy atom. The second kappa shape index (κ2) is 11.7. The van der Waals surface area contributed by atoms with Gasteiger partial charge in [-0.25, -0.2) is 8.78 Å². The van der Waals surface area contributed by atoms with Crippen LogP contribution in [0, 0.1) is 17.6 Å². The lowest BCUT2D eigenvalue weighted by Crippen LogP contribution is -2.52. The van der Waals surface area contributed by atoms with E-state index in [4.69, 9.17) is 0 Å². The number of benzene rings is 2. The molecule has 8 heteroatoms. The van der Waals surface area contributed by atoms with Gasteiger partial charge in [0.05, 0.1) is 0 Å². The molecule has 1 heterocycles. The fourth-order valence-electron chi connectivity index (χ4n) is 4.04. The SMILES string of the molecule is CCCCC(NC(=O)C(C)C(=O)NCc1cc(F)cc(F)c1)C(=O)N1CCc2ccccc2C1. The minimum atomic E-state index is -1.07. The molecular formula is C26H31F2N3O3. The van der Waals surface area contributed by atoms with Gasteiger partial charge < -0.3 is 15.5 Å². The number of fused-ring (bicyclic) bond motifs is 1. The molecule has 0 aliphatic carbocycles. The smallest absolute Gasteiger partial charge is 0.245 e. The van der Waals surface area contributed by atoms with Crippen molar-refractivity contribution >= 4 is 17.7 Å². The van der Waals surface area contributed by atoms with Crippen LogP contribution in [0.25, 0.3) is 0 Å². The molecule has 34 heavy (non-hydrogen) atoms. The van der Waals surface area contributed by atoms with Crippen LogP contribution in [0.15, 0.2) is 42.5 Å². The van der Waals surface area contributed by atoms with Crippen LogP contribution in [0.2, 0.25) is 0 Å². The van der Waals surface area contributed by atoms with Crippen molar-refractivity contribution in [2.24, 2.45) is 5.92 Å². The van der Waals surface area contributed by atoms with Crippen LogP contribution >= 0.6 is 0 Å². The first-order valence-electron chi connectivity index (χ1n) is 11.7. The average molecular weight is 472 g/mol. The van der Waals surface area contributed by atoms with Gasteiger partial charge in [-0.1, -0.05) is 44.0 Å². The Bertz CT molecular complexity index is 1020. The summed E-state index contributed by atoms with van der Waals surface area (Å²) in [5, 5.41) is 5.28. The quantitative estimate of drug-likeness (QED) is 0.550. The zero-order valence-electron chi connectivity index (χ0n) is 19.6. The number of nitrogens with one attached hydrogen (secondary N) is 2. The fourth-order valence-corrected chi connectivity index (χ4v) is 4.04. The van der Waals surface area contributed by atoms with E-state index in [0.717, 1.165) is 43.0 Å². The number of hydrogen-bond acceptors (Lipinski definition) is 3. The monoisotopic (exact) mass is 471 g/mol. The predicted octanol–water partition coefficient (Wildman–Crippen LogP) is 3.48. The maximum absolute atomic E-state index is 13.3. The van der Waals surface area contributed by atoms with Crippen LogP contribution in [-0.2, 0) is 33.9 Å². The van der Waals surface area contributed by atoms with Crippen molar-refractivity contribution in [3.05, 3.63) is 70.8 Å². The average Bonchev–Trinajstić information content (AvgIpc) is 2.83. The van der Waals surface area contributed by atoms with E-state index >= 15 is 0 Å². The van der Waals surface area contributed by atoms with E-state index in [-0.39, 0.29) is 18.0 Å². The summed E-state index contributed by atoms with van der Waals surface area (Å²) < 4.78 is 26.7. The van der Waals surface area contributed by atoms with Gasteiger partial charge in [-0.15, -0.1) is 0 Å². The molecule has 0 aromatic heterocycles. The van der Waals surface area contributed by atoms with E-state index in [2.05, 4.69) is 16.7 Å². The van der Waals surface area contributed by atoms with Crippen LogP contribution in [0.4, 0.5) is 8.78 Å². The molecule has 0 fully saturated rings. The molecule has 1 aliphatic heterocycles. The highest BCUT2D eigenvalue weighted by atomic mass is 19.1. The third kappa shape index (κ3) is 6.62. The second-order valence-corrected chi connectivity index (χ2v) is 8.70. The van der Waals surface area contributed by atoms with Gasteiger partial charge in [0.15, 0.2) is 0 Å². The molecule has 6 nitrogen and oxygen atoms in total. The Balaban J connectivity index is 1.60. The molecule has 2 atom stereocenters. The number of rotatable bonds is 9. The normalized spacial score (nSPS) is 14.6. The van der Waals surface area contributed by atoms with E-state index in [1.165, 1.54) is 12.5 Å². The van der Waals surface area contributed by atoms with E-state index in [0.29, 0.717) is 19.5 Å². The van der Waals surface area contributed by atoms with Gasteiger partial charge in [-0.3, -0.25) is 14.4 Å². The number of amides is 3. The Hall–Kier alpha value is -3.29. The predicted molar refractivity (Wildman–Crippen MR) is 124 cm³/mol. The highest BCUT2D eigenvalue weighted by molar-refractivity contribution is 6.01. The fraction of sp³-hybridized carbons (Fsp3) is 0.423. The van der Waals surface area contributed by atoms with Crippen LogP contribution < -0.4 is 10.6 Å². The minimum absolute atomic E-state index is 0.115. The lowest BCUT2D eigenvalue weighted by molar-refractivity contribution is -0.141. The summed E-state index contributed by atoms with van der Waals surface area (Å²) in [6.07, 6.45) is 2.86. The van der Waals surface area contributed by atoms with Crippen molar-refractivity contribution in [3.63, 3.8) is 0 Å². The number of carbonyl (C=O) groups is 3. The molecule has 2 aromatic carbocycles. The molecule has 0 saturated heterocycles. The number of halogens is 2. The van der Waals surface area contributed by atoms with Crippen LogP contribution in [0.5, 0.6) is 0 Å². The van der Waals surface area contributed by atoms with Gasteiger partial charge in [-0.2, -0.15) is 0 Å². The summed E-state index contributed by atoms with van der Waals surface area (Å²) in [7, 11) is 0. The van der Waals surface area contributed by atoms with Gasteiger partial charge in [0.1, 0.15) is 23.6 Å². The minimum Gasteiger partial charge on any atom is -0.351 e. The van der Waals surface area contributed by atoms with Gasteiger partial charge in [0.25, 0.3) is 0 Å². The van der Waals surface area contributed by atoms with Gasteiger partial charge in [0.2, 0.25) is 17.7 Å². The Labute approximate surface area is 198 Å². The molecule has 0 bridgehead atoms. The molecule has 1 aliphatic rings. The van der Waals surface area contributed by atoms with Crippen LogP contribution in [0.3, 0.4) is 0 Å². The number of hydrogen-bond donors (Lipinski definition) is 2. The van der Waals surface area contributed by atoms with Gasteiger partial charge in [-0.05, 0) is 48.6 Å². The summed E-state index contributed by atoms with van der Waals surface area (Å²) in [4.78, 5) is 40.3. The molecule has 2 unspecified atom stereocenters. The van der Waals surface area contributed by atoms with Crippen LogP contribution in [-0.4, -0.2) is 35.2 Å². The molecule has 2 aromatic rings. The molecule has 0 radical (unpaired) electrons. The Kier molecular flexibility index (Phi) is 8.73. The largest absolute Gasteiger partial charge is 0.351 e. The topological polar surface area (TPSA) is 78.5 Å². The standard InChI is InChI=1S/C26H31F2N3O3/c1-3-4-9-23(26(34)31-11-10-19-7-5-6-8-20(19)16-31)30-25(33)17(2)24(32)29-15-18-12-21(27)14-22(28)13-18/h5-8,12-14,17,23H,3-4,9-11,15-16H2,1-2H3,(H,29,32)(H,30,33). The van der Waals surface area contributed by atoms with E-state index < -0.39 is 35.4 Å². The van der Waals surface area contributed by atoms with E-state index in [1.54, 1.807) is 4.90 Å². The van der Waals surface area contributed by atoms with Gasteiger partial charge >= 0.3 is 0 Å². The first-order chi connectivity index (χ1) is 16.3. The zero-order valence-corrected chi connectivity index (χ0v) is 19.6. The van der Waals surface area contributed by atoms with Crippen molar-refractivity contribution in [2.45, 2.75) is 58.7 Å². The zero-order chi connectivity index (χ0) is 24.7. The molecule has 0 spiro atoms. The third-order valence-corrected chi connectivity index (χ3v) is 6.08. The van der Waals surface area contributed by atoms with Crippen molar-refractivity contribution in [1.29, 1.82) is 0 Å². The lowest BCUT2D eigenvalue weighted by Gasteiger charge is -2.32. The highest BCUT2D eigenvalue weighted by Crippen LogP contribution is 2.20. The first kappa shape index (κ1) is 25.3. The van der Waals surface area contributed by atoms with Crippen molar-refractivity contribution < 1.29 is 23.2 Å². The number of unbranched alkanes of at least 4 members (excludes halogenated alkanes) is 1. The van der Waals surface area contributed by atoms with E-state index in [9.17, 15) is 23.2 Å². The Morgan fingerprint density at radius 2 is 1.71 bits per heavy atom. The summed E-state index contributed by atoms with van der Waals surface area (Å²) in [5.74, 6) is -3.86. The van der Waals surface area contributed by atoms with Crippen molar-refractivity contribution in [1.82, 2.24) is 15.5 Å². The van der Waals surface area contributed by atoms with Crippen LogP contribution in [0.1, 0.15) is 49.8 Å².